The van der Waals surface area contributed by atoms with E-state index in [1.54, 1.807) is 0 Å². The predicted molar refractivity (Wildman–Crippen MR) is 75.0 cm³/mol. The maximum atomic E-state index is 5.88. The largest absolute Gasteiger partial charge is 0.378 e. The number of hydrogen-bond donors (Lipinski definition) is 1. The quantitative estimate of drug-likeness (QED) is 0.636. The van der Waals surface area contributed by atoms with Crippen molar-refractivity contribution in [1.29, 1.82) is 0 Å². The van der Waals surface area contributed by atoms with Gasteiger partial charge in [-0.3, -0.25) is 0 Å². The molecule has 0 aromatic rings. The molecule has 0 aliphatic carbocycles. The molecule has 1 fully saturated rings. The van der Waals surface area contributed by atoms with Gasteiger partial charge in [0, 0.05) is 19.7 Å². The lowest BCUT2D eigenvalue weighted by Crippen LogP contribution is -2.33. The molecule has 0 amide bonds. The molecule has 1 N–H and O–H groups in total. The topological polar surface area (TPSA) is 33.7 Å². The van der Waals surface area contributed by atoms with E-state index in [-0.39, 0.29) is 0 Å². The Hall–Kier alpha value is -0.160. The molecule has 1 aliphatic heterocycles. The molecule has 4 nitrogen and oxygen atoms in total. The Labute approximate surface area is 112 Å². The van der Waals surface area contributed by atoms with Crippen molar-refractivity contribution in [2.24, 2.45) is 0 Å². The summed E-state index contributed by atoms with van der Waals surface area (Å²) < 4.78 is 11.4. The first-order valence-electron chi connectivity index (χ1n) is 7.31. The van der Waals surface area contributed by atoms with Gasteiger partial charge < -0.3 is 19.7 Å². The molecule has 0 radical (unpaired) electrons. The van der Waals surface area contributed by atoms with Crippen LogP contribution in [0.3, 0.4) is 0 Å². The molecular weight excluding hydrogens is 228 g/mol. The maximum Gasteiger partial charge on any atom is 0.0599 e. The van der Waals surface area contributed by atoms with E-state index in [0.717, 1.165) is 58.7 Å². The van der Waals surface area contributed by atoms with E-state index < -0.39 is 0 Å². The van der Waals surface area contributed by atoms with Crippen LogP contribution in [-0.2, 0) is 9.47 Å². The molecule has 0 spiro atoms. The molecule has 4 heteroatoms. The van der Waals surface area contributed by atoms with Crippen molar-refractivity contribution >= 4 is 0 Å². The molecule has 1 heterocycles. The zero-order valence-corrected chi connectivity index (χ0v) is 12.3. The summed E-state index contributed by atoms with van der Waals surface area (Å²) in [7, 11) is 2.15. The first-order chi connectivity index (χ1) is 8.68. The highest BCUT2D eigenvalue weighted by atomic mass is 16.5. The minimum atomic E-state index is 0.335. The van der Waals surface area contributed by atoms with E-state index >= 15 is 0 Å². The summed E-state index contributed by atoms with van der Waals surface area (Å²) in [4.78, 5) is 2.31. The zero-order chi connectivity index (χ0) is 13.2. The summed E-state index contributed by atoms with van der Waals surface area (Å²) >= 11 is 0. The van der Waals surface area contributed by atoms with Gasteiger partial charge in [0.2, 0.25) is 0 Å². The first-order valence-corrected chi connectivity index (χ1v) is 7.31. The van der Waals surface area contributed by atoms with Crippen LogP contribution in [0.1, 0.15) is 33.1 Å². The minimum Gasteiger partial charge on any atom is -0.378 e. The predicted octanol–water partition coefficient (Wildman–Crippen LogP) is 1.50. The van der Waals surface area contributed by atoms with E-state index in [1.807, 2.05) is 0 Å². The van der Waals surface area contributed by atoms with Gasteiger partial charge in [0.05, 0.1) is 18.8 Å². The third-order valence-electron chi connectivity index (χ3n) is 3.25. The van der Waals surface area contributed by atoms with Gasteiger partial charge >= 0.3 is 0 Å². The smallest absolute Gasteiger partial charge is 0.0599 e. The van der Waals surface area contributed by atoms with E-state index in [2.05, 4.69) is 31.1 Å². The summed E-state index contributed by atoms with van der Waals surface area (Å²) in [6.07, 6.45) is 4.26. The highest BCUT2D eigenvalue weighted by Crippen LogP contribution is 2.07. The number of nitrogens with zero attached hydrogens (tertiary/aromatic N) is 1. The van der Waals surface area contributed by atoms with Crippen LogP contribution in [0.15, 0.2) is 0 Å². The fourth-order valence-corrected chi connectivity index (χ4v) is 2.10. The monoisotopic (exact) mass is 258 g/mol. The molecule has 0 bridgehead atoms. The maximum absolute atomic E-state index is 5.88. The lowest BCUT2D eigenvalue weighted by molar-refractivity contribution is 0.0256. The normalized spacial score (nSPS) is 17.8. The molecule has 1 aliphatic rings. The molecular formula is C14H30N2O2. The third-order valence-corrected chi connectivity index (χ3v) is 3.25. The lowest BCUT2D eigenvalue weighted by Gasteiger charge is -2.23. The van der Waals surface area contributed by atoms with Crippen LogP contribution in [0.4, 0.5) is 0 Å². The summed E-state index contributed by atoms with van der Waals surface area (Å²) in [5, 5.41) is 3.35. The molecule has 108 valence electrons. The highest BCUT2D eigenvalue weighted by Gasteiger charge is 2.12. The van der Waals surface area contributed by atoms with Crippen LogP contribution < -0.4 is 5.32 Å². The zero-order valence-electron chi connectivity index (χ0n) is 12.3. The van der Waals surface area contributed by atoms with Gasteiger partial charge in [-0.05, 0) is 53.2 Å². The van der Waals surface area contributed by atoms with E-state index in [0.29, 0.717) is 12.2 Å². The highest BCUT2D eigenvalue weighted by molar-refractivity contribution is 4.68. The van der Waals surface area contributed by atoms with Crippen LogP contribution in [0.2, 0.25) is 0 Å². The second kappa shape index (κ2) is 9.73. The SMILES string of the molecule is CC(C)OCCN(C)CCCOC1CCNCC1. The average Bonchev–Trinajstić information content (AvgIpc) is 2.35. The van der Waals surface area contributed by atoms with Crippen molar-refractivity contribution in [1.82, 2.24) is 10.2 Å². The van der Waals surface area contributed by atoms with Gasteiger partial charge in [-0.2, -0.15) is 0 Å². The minimum absolute atomic E-state index is 0.335. The number of ether oxygens (including phenoxy) is 2. The van der Waals surface area contributed by atoms with Gasteiger partial charge in [0.25, 0.3) is 0 Å². The van der Waals surface area contributed by atoms with E-state index in [4.69, 9.17) is 9.47 Å². The average molecular weight is 258 g/mol. The molecule has 1 saturated heterocycles. The molecule has 18 heavy (non-hydrogen) atoms. The van der Waals surface area contributed by atoms with Gasteiger partial charge in [-0.15, -0.1) is 0 Å². The standard InChI is InChI=1S/C14H30N2O2/c1-13(2)17-12-10-16(3)9-4-11-18-14-5-7-15-8-6-14/h13-15H,4-12H2,1-3H3. The number of likely N-dealkylation sites (N-methyl/N-ethyl adjacent to an activating group) is 1. The molecule has 0 aromatic carbocycles. The fourth-order valence-electron chi connectivity index (χ4n) is 2.10. The van der Waals surface area contributed by atoms with Gasteiger partial charge in [-0.25, -0.2) is 0 Å². The number of piperidine rings is 1. The van der Waals surface area contributed by atoms with Gasteiger partial charge in [-0.1, -0.05) is 0 Å². The Bertz CT molecular complexity index is 194. The van der Waals surface area contributed by atoms with E-state index in [1.165, 1.54) is 0 Å². The Morgan fingerprint density at radius 1 is 1.17 bits per heavy atom. The third kappa shape index (κ3) is 8.03. The summed E-state index contributed by atoms with van der Waals surface area (Å²) in [6, 6.07) is 0. The summed E-state index contributed by atoms with van der Waals surface area (Å²) in [6.45, 7) is 10.2. The van der Waals surface area contributed by atoms with Gasteiger partial charge in [0.1, 0.15) is 0 Å². The van der Waals surface area contributed by atoms with Gasteiger partial charge in [0.15, 0.2) is 0 Å². The van der Waals surface area contributed by atoms with Crippen LogP contribution >= 0.6 is 0 Å². The Morgan fingerprint density at radius 3 is 2.56 bits per heavy atom. The van der Waals surface area contributed by atoms with Crippen LogP contribution in [0.25, 0.3) is 0 Å². The second-order valence-electron chi connectivity index (χ2n) is 5.40. The molecule has 0 aromatic heterocycles. The van der Waals surface area contributed by atoms with Crippen LogP contribution in [-0.4, -0.2) is 63.5 Å². The lowest BCUT2D eigenvalue weighted by atomic mass is 10.1. The Morgan fingerprint density at radius 2 is 1.89 bits per heavy atom. The Balaban J connectivity index is 1.89. The van der Waals surface area contributed by atoms with Crippen molar-refractivity contribution in [2.75, 3.05) is 46.4 Å². The summed E-state index contributed by atoms with van der Waals surface area (Å²) in [5.74, 6) is 0. The number of hydrogen-bond acceptors (Lipinski definition) is 4. The summed E-state index contributed by atoms with van der Waals surface area (Å²) in [5.41, 5.74) is 0. The van der Waals surface area contributed by atoms with Crippen molar-refractivity contribution in [3.05, 3.63) is 0 Å². The second-order valence-corrected chi connectivity index (χ2v) is 5.40. The fraction of sp³-hybridized carbons (Fsp3) is 1.00. The Kier molecular flexibility index (Phi) is 8.59. The molecule has 0 saturated carbocycles. The molecule has 0 atom stereocenters. The van der Waals surface area contributed by atoms with Crippen molar-refractivity contribution in [3.8, 4) is 0 Å². The molecule has 1 rings (SSSR count). The van der Waals surface area contributed by atoms with Crippen molar-refractivity contribution in [3.63, 3.8) is 0 Å². The van der Waals surface area contributed by atoms with Crippen molar-refractivity contribution in [2.45, 2.75) is 45.3 Å². The molecule has 0 unspecified atom stereocenters. The van der Waals surface area contributed by atoms with E-state index in [9.17, 15) is 0 Å². The number of rotatable bonds is 9. The number of nitrogens with one attached hydrogen (secondary N) is 1. The van der Waals surface area contributed by atoms with Crippen molar-refractivity contribution < 1.29 is 9.47 Å². The first kappa shape index (κ1) is 15.9. The van der Waals surface area contributed by atoms with Crippen LogP contribution in [0.5, 0.6) is 0 Å². The van der Waals surface area contributed by atoms with Crippen LogP contribution in [0, 0.1) is 0 Å².